The zero-order valence-electron chi connectivity index (χ0n) is 11.8. The highest BCUT2D eigenvalue weighted by Crippen LogP contribution is 2.17. The van der Waals surface area contributed by atoms with Gasteiger partial charge in [0, 0.05) is 20.2 Å². The van der Waals surface area contributed by atoms with E-state index in [4.69, 9.17) is 4.74 Å². The second kappa shape index (κ2) is 6.91. The van der Waals surface area contributed by atoms with E-state index < -0.39 is 0 Å². The topological polar surface area (TPSA) is 67.4 Å². The Bertz CT molecular complexity index is 535. The van der Waals surface area contributed by atoms with Crippen LogP contribution in [-0.2, 0) is 14.3 Å². The van der Waals surface area contributed by atoms with Crippen LogP contribution in [0.5, 0.6) is 0 Å². The van der Waals surface area contributed by atoms with Gasteiger partial charge in [-0.1, -0.05) is 12.1 Å². The molecule has 1 N–H and O–H groups in total. The fourth-order valence-electron chi connectivity index (χ4n) is 1.94. The van der Waals surface area contributed by atoms with Crippen molar-refractivity contribution in [3.8, 4) is 0 Å². The molecule has 20 heavy (non-hydrogen) atoms. The fraction of sp³-hybridized carbons (Fsp3) is 0.429. The highest BCUT2D eigenvalue weighted by atomic mass is 16.5. The Labute approximate surface area is 117 Å². The van der Waals surface area contributed by atoms with Crippen molar-refractivity contribution in [2.75, 3.05) is 38.8 Å². The van der Waals surface area contributed by atoms with Gasteiger partial charge in [-0.15, -0.1) is 0 Å². The van der Waals surface area contributed by atoms with E-state index in [0.29, 0.717) is 26.1 Å². The van der Waals surface area contributed by atoms with Crippen LogP contribution in [0.25, 0.3) is 11.0 Å². The average molecular weight is 277 g/mol. The van der Waals surface area contributed by atoms with Crippen LogP contribution in [-0.4, -0.2) is 49.9 Å². The van der Waals surface area contributed by atoms with Gasteiger partial charge >= 0.3 is 5.97 Å². The molecule has 0 aliphatic rings. The van der Waals surface area contributed by atoms with Gasteiger partial charge < -0.3 is 19.4 Å². The third kappa shape index (κ3) is 3.48. The van der Waals surface area contributed by atoms with Gasteiger partial charge in [0.25, 0.3) is 0 Å². The van der Waals surface area contributed by atoms with Crippen LogP contribution in [0.1, 0.15) is 6.42 Å². The number of nitrogens with zero attached hydrogens (tertiary/aromatic N) is 2. The maximum absolute atomic E-state index is 11.3. The van der Waals surface area contributed by atoms with Crippen LogP contribution in [0.2, 0.25) is 0 Å². The SMILES string of the molecule is COCCN(CCC(=O)OC)c1nc2ccccc2[nH]1. The Morgan fingerprint density at radius 1 is 1.30 bits per heavy atom. The first-order chi connectivity index (χ1) is 9.74. The van der Waals surface area contributed by atoms with E-state index in [1.165, 1.54) is 7.11 Å². The van der Waals surface area contributed by atoms with Gasteiger partial charge in [0.05, 0.1) is 31.2 Å². The molecule has 0 saturated heterocycles. The minimum Gasteiger partial charge on any atom is -0.469 e. The lowest BCUT2D eigenvalue weighted by Gasteiger charge is -2.20. The van der Waals surface area contributed by atoms with Crippen LogP contribution in [0.4, 0.5) is 5.95 Å². The number of anilines is 1. The Morgan fingerprint density at radius 3 is 2.80 bits per heavy atom. The first-order valence-electron chi connectivity index (χ1n) is 6.50. The van der Waals surface area contributed by atoms with Crippen molar-refractivity contribution in [1.29, 1.82) is 0 Å². The third-order valence-electron chi connectivity index (χ3n) is 3.06. The minimum atomic E-state index is -0.233. The first-order valence-corrected chi connectivity index (χ1v) is 6.50. The summed E-state index contributed by atoms with van der Waals surface area (Å²) in [6.07, 6.45) is 0.317. The maximum Gasteiger partial charge on any atom is 0.307 e. The highest BCUT2D eigenvalue weighted by Gasteiger charge is 2.13. The van der Waals surface area contributed by atoms with Crippen molar-refractivity contribution >= 4 is 23.0 Å². The molecule has 2 rings (SSSR count). The molecule has 0 fully saturated rings. The zero-order chi connectivity index (χ0) is 14.4. The normalized spacial score (nSPS) is 10.7. The van der Waals surface area contributed by atoms with Gasteiger partial charge in [0.2, 0.25) is 5.95 Å². The molecule has 0 atom stereocenters. The van der Waals surface area contributed by atoms with Crippen LogP contribution < -0.4 is 4.90 Å². The lowest BCUT2D eigenvalue weighted by Crippen LogP contribution is -2.30. The number of rotatable bonds is 7. The molecular formula is C14H19N3O3. The third-order valence-corrected chi connectivity index (χ3v) is 3.06. The predicted octanol–water partition coefficient (Wildman–Crippen LogP) is 1.58. The summed E-state index contributed by atoms with van der Waals surface area (Å²) in [5.41, 5.74) is 1.88. The molecule has 1 aromatic heterocycles. The van der Waals surface area contributed by atoms with E-state index in [9.17, 15) is 4.79 Å². The molecule has 0 aliphatic heterocycles. The number of carbonyl (C=O) groups excluding carboxylic acids is 1. The summed E-state index contributed by atoms with van der Waals surface area (Å²) in [6, 6.07) is 7.82. The van der Waals surface area contributed by atoms with E-state index in [1.54, 1.807) is 7.11 Å². The van der Waals surface area contributed by atoms with E-state index in [0.717, 1.165) is 17.0 Å². The number of benzene rings is 1. The molecule has 0 unspecified atom stereocenters. The molecule has 1 heterocycles. The first kappa shape index (κ1) is 14.3. The number of para-hydroxylation sites is 2. The number of nitrogens with one attached hydrogen (secondary N) is 1. The summed E-state index contributed by atoms with van der Waals surface area (Å²) < 4.78 is 9.77. The van der Waals surface area contributed by atoms with Crippen molar-refractivity contribution in [3.63, 3.8) is 0 Å². The number of imidazole rings is 1. The number of carbonyl (C=O) groups is 1. The predicted molar refractivity (Wildman–Crippen MR) is 76.8 cm³/mol. The fourth-order valence-corrected chi connectivity index (χ4v) is 1.94. The van der Waals surface area contributed by atoms with Crippen LogP contribution in [0.3, 0.4) is 0 Å². The number of methoxy groups -OCH3 is 2. The summed E-state index contributed by atoms with van der Waals surface area (Å²) in [7, 11) is 3.04. The average Bonchev–Trinajstić information content (AvgIpc) is 2.90. The summed E-state index contributed by atoms with van der Waals surface area (Å²) in [6.45, 7) is 1.77. The summed E-state index contributed by atoms with van der Waals surface area (Å²) >= 11 is 0. The minimum absolute atomic E-state index is 0.233. The second-order valence-electron chi connectivity index (χ2n) is 4.38. The van der Waals surface area contributed by atoms with E-state index in [1.807, 2.05) is 29.2 Å². The number of aromatic nitrogens is 2. The number of aromatic amines is 1. The van der Waals surface area contributed by atoms with Gasteiger partial charge in [-0.2, -0.15) is 0 Å². The molecule has 2 aromatic rings. The molecule has 0 radical (unpaired) electrons. The Kier molecular flexibility index (Phi) is 4.95. The molecule has 0 aliphatic carbocycles. The van der Waals surface area contributed by atoms with Crippen molar-refractivity contribution in [3.05, 3.63) is 24.3 Å². The molecule has 0 saturated carbocycles. The van der Waals surface area contributed by atoms with Crippen molar-refractivity contribution in [2.24, 2.45) is 0 Å². The molecule has 0 amide bonds. The van der Waals surface area contributed by atoms with Crippen molar-refractivity contribution in [1.82, 2.24) is 9.97 Å². The zero-order valence-corrected chi connectivity index (χ0v) is 11.8. The van der Waals surface area contributed by atoms with E-state index in [2.05, 4.69) is 14.7 Å². The van der Waals surface area contributed by atoms with Gasteiger partial charge in [-0.05, 0) is 12.1 Å². The molecule has 6 nitrogen and oxygen atoms in total. The smallest absolute Gasteiger partial charge is 0.307 e. The number of ether oxygens (including phenoxy) is 2. The van der Waals surface area contributed by atoms with E-state index >= 15 is 0 Å². The van der Waals surface area contributed by atoms with Crippen molar-refractivity contribution < 1.29 is 14.3 Å². The Balaban J connectivity index is 2.13. The number of esters is 1. The Morgan fingerprint density at radius 2 is 2.10 bits per heavy atom. The molecule has 108 valence electrons. The summed E-state index contributed by atoms with van der Waals surface area (Å²) in [4.78, 5) is 21.1. The second-order valence-corrected chi connectivity index (χ2v) is 4.38. The van der Waals surface area contributed by atoms with Crippen molar-refractivity contribution in [2.45, 2.75) is 6.42 Å². The van der Waals surface area contributed by atoms with Crippen LogP contribution in [0.15, 0.2) is 24.3 Å². The largest absolute Gasteiger partial charge is 0.469 e. The molecule has 1 aromatic carbocycles. The number of fused-ring (bicyclic) bond motifs is 1. The lowest BCUT2D eigenvalue weighted by molar-refractivity contribution is -0.140. The van der Waals surface area contributed by atoms with Gasteiger partial charge in [-0.3, -0.25) is 4.79 Å². The maximum atomic E-state index is 11.3. The Hall–Kier alpha value is -2.08. The number of hydrogen-bond donors (Lipinski definition) is 1. The molecule has 0 bridgehead atoms. The number of hydrogen-bond acceptors (Lipinski definition) is 5. The molecule has 6 heteroatoms. The van der Waals surface area contributed by atoms with Gasteiger partial charge in [0.1, 0.15) is 0 Å². The highest BCUT2D eigenvalue weighted by molar-refractivity contribution is 5.77. The van der Waals surface area contributed by atoms with Crippen LogP contribution >= 0.6 is 0 Å². The van der Waals surface area contributed by atoms with Crippen LogP contribution in [0, 0.1) is 0 Å². The van der Waals surface area contributed by atoms with Gasteiger partial charge in [0.15, 0.2) is 0 Å². The lowest BCUT2D eigenvalue weighted by atomic mass is 10.3. The monoisotopic (exact) mass is 277 g/mol. The molecular weight excluding hydrogens is 258 g/mol. The van der Waals surface area contributed by atoms with E-state index in [-0.39, 0.29) is 5.97 Å². The summed E-state index contributed by atoms with van der Waals surface area (Å²) in [5, 5.41) is 0. The summed E-state index contributed by atoms with van der Waals surface area (Å²) in [5.74, 6) is 0.510. The number of H-pyrrole nitrogens is 1. The quantitative estimate of drug-likeness (QED) is 0.778. The molecule has 0 spiro atoms. The standard InChI is InChI=1S/C14H19N3O3/c1-19-10-9-17(8-7-13(18)20-2)14-15-11-5-3-4-6-12(11)16-14/h3-6H,7-10H2,1-2H3,(H,15,16). The van der Waals surface area contributed by atoms with Gasteiger partial charge in [-0.25, -0.2) is 4.98 Å².